The lowest BCUT2D eigenvalue weighted by Crippen LogP contribution is -2.26. The van der Waals surface area contributed by atoms with E-state index < -0.39 is 0 Å². The minimum atomic E-state index is 0.0205. The van der Waals surface area contributed by atoms with Crippen LogP contribution in [0.15, 0.2) is 12.4 Å². The topological polar surface area (TPSA) is 25.8 Å². The summed E-state index contributed by atoms with van der Waals surface area (Å²) in [6.45, 7) is 17.8. The van der Waals surface area contributed by atoms with Gasteiger partial charge in [0.2, 0.25) is 0 Å². The van der Waals surface area contributed by atoms with E-state index in [1.807, 2.05) is 12.4 Å². The number of rotatable bonds is 2. The number of nitrogens with zero attached hydrogens (tertiary/aromatic N) is 2. The molecule has 0 aromatic carbocycles. The van der Waals surface area contributed by atoms with Gasteiger partial charge in [-0.15, -0.1) is 0 Å². The summed E-state index contributed by atoms with van der Waals surface area (Å²) < 4.78 is 0. The third-order valence-electron chi connectivity index (χ3n) is 3.08. The monoisotopic (exact) mass is 248 g/mol. The van der Waals surface area contributed by atoms with Crippen molar-refractivity contribution < 1.29 is 0 Å². The van der Waals surface area contributed by atoms with E-state index in [-0.39, 0.29) is 10.8 Å². The Bertz CT molecular complexity index is 389. The molecule has 0 N–H and O–H groups in total. The molecule has 0 bridgehead atoms. The summed E-state index contributed by atoms with van der Waals surface area (Å²) in [6.07, 6.45) is 5.12. The smallest absolute Gasteiger partial charge is 0.133 e. The first-order valence-corrected chi connectivity index (χ1v) is 6.75. The van der Waals surface area contributed by atoms with Gasteiger partial charge >= 0.3 is 0 Å². The van der Waals surface area contributed by atoms with Crippen molar-refractivity contribution in [2.24, 2.45) is 5.41 Å². The first kappa shape index (κ1) is 15.1. The van der Waals surface area contributed by atoms with E-state index in [1.54, 1.807) is 0 Å². The lowest BCUT2D eigenvalue weighted by Gasteiger charge is -2.32. The van der Waals surface area contributed by atoms with Gasteiger partial charge in [0.05, 0.1) is 0 Å². The Hall–Kier alpha value is -0.920. The normalized spacial score (nSPS) is 13.8. The Morgan fingerprint density at radius 1 is 0.833 bits per heavy atom. The van der Waals surface area contributed by atoms with Crippen LogP contribution in [0, 0.1) is 5.41 Å². The van der Waals surface area contributed by atoms with Crippen molar-refractivity contribution in [2.45, 2.75) is 72.6 Å². The Morgan fingerprint density at radius 2 is 1.28 bits per heavy atom. The van der Waals surface area contributed by atoms with Gasteiger partial charge in [-0.25, -0.2) is 9.97 Å². The fraction of sp³-hybridized carbons (Fsp3) is 0.750. The predicted molar refractivity (Wildman–Crippen MR) is 77.8 cm³/mol. The quantitative estimate of drug-likeness (QED) is 0.770. The minimum Gasteiger partial charge on any atom is -0.241 e. The lowest BCUT2D eigenvalue weighted by molar-refractivity contribution is 0.283. The standard InChI is InChI=1S/C16H28N2/c1-14(2,3)11-16(7,8)12-9-17-13(18-10-12)15(4,5)6/h9-10H,11H2,1-8H3. The van der Waals surface area contributed by atoms with E-state index in [0.29, 0.717) is 5.41 Å². The van der Waals surface area contributed by atoms with Gasteiger partial charge in [0.15, 0.2) is 0 Å². The minimum absolute atomic E-state index is 0.0205. The largest absolute Gasteiger partial charge is 0.241 e. The summed E-state index contributed by atoms with van der Waals surface area (Å²) in [5, 5.41) is 0. The predicted octanol–water partition coefficient (Wildman–Crippen LogP) is 4.49. The maximum Gasteiger partial charge on any atom is 0.133 e. The van der Waals surface area contributed by atoms with Crippen LogP contribution in [0.2, 0.25) is 0 Å². The molecule has 1 heterocycles. The molecule has 102 valence electrons. The molecular weight excluding hydrogens is 220 g/mol. The van der Waals surface area contributed by atoms with E-state index in [9.17, 15) is 0 Å². The van der Waals surface area contributed by atoms with Crippen molar-refractivity contribution in [1.29, 1.82) is 0 Å². The molecule has 2 heteroatoms. The van der Waals surface area contributed by atoms with Gasteiger partial charge in [0.1, 0.15) is 5.82 Å². The van der Waals surface area contributed by atoms with Crippen LogP contribution >= 0.6 is 0 Å². The SMILES string of the molecule is CC(C)(C)CC(C)(C)c1cnc(C(C)(C)C)nc1. The third kappa shape index (κ3) is 4.08. The maximum absolute atomic E-state index is 4.54. The summed E-state index contributed by atoms with van der Waals surface area (Å²) in [6, 6.07) is 0. The van der Waals surface area contributed by atoms with Crippen LogP contribution in [0.3, 0.4) is 0 Å². The van der Waals surface area contributed by atoms with E-state index in [4.69, 9.17) is 0 Å². The summed E-state index contributed by atoms with van der Waals surface area (Å²) in [4.78, 5) is 9.07. The lowest BCUT2D eigenvalue weighted by atomic mass is 9.73. The summed E-state index contributed by atoms with van der Waals surface area (Å²) in [7, 11) is 0. The first-order valence-electron chi connectivity index (χ1n) is 6.75. The number of hydrogen-bond acceptors (Lipinski definition) is 2. The second kappa shape index (κ2) is 4.64. The molecule has 1 aromatic rings. The molecule has 0 spiro atoms. The Morgan fingerprint density at radius 3 is 1.61 bits per heavy atom. The zero-order valence-electron chi connectivity index (χ0n) is 13.3. The highest BCUT2D eigenvalue weighted by Gasteiger charge is 2.28. The average molecular weight is 248 g/mol. The molecule has 1 rings (SSSR count). The van der Waals surface area contributed by atoms with Crippen LogP contribution in [-0.2, 0) is 10.8 Å². The molecule has 0 unspecified atom stereocenters. The molecule has 2 nitrogen and oxygen atoms in total. The zero-order chi connectivity index (χ0) is 14.2. The molecule has 1 aromatic heterocycles. The van der Waals surface area contributed by atoms with E-state index in [0.717, 1.165) is 12.2 Å². The van der Waals surface area contributed by atoms with Crippen LogP contribution in [-0.4, -0.2) is 9.97 Å². The molecule has 0 aliphatic rings. The van der Waals surface area contributed by atoms with Crippen LogP contribution in [0.4, 0.5) is 0 Å². The number of aromatic nitrogens is 2. The fourth-order valence-corrected chi connectivity index (χ4v) is 2.49. The van der Waals surface area contributed by atoms with Crippen molar-refractivity contribution in [1.82, 2.24) is 9.97 Å². The molecule has 0 aliphatic carbocycles. The highest BCUT2D eigenvalue weighted by molar-refractivity contribution is 5.19. The van der Waals surface area contributed by atoms with E-state index in [2.05, 4.69) is 65.4 Å². The molecule has 0 aliphatic heterocycles. The molecule has 18 heavy (non-hydrogen) atoms. The molecule has 0 saturated carbocycles. The highest BCUT2D eigenvalue weighted by atomic mass is 14.9. The Balaban J connectivity index is 2.98. The van der Waals surface area contributed by atoms with Gasteiger partial charge < -0.3 is 0 Å². The van der Waals surface area contributed by atoms with Crippen LogP contribution in [0.1, 0.15) is 73.2 Å². The van der Waals surface area contributed by atoms with Gasteiger partial charge in [-0.2, -0.15) is 0 Å². The van der Waals surface area contributed by atoms with Crippen molar-refractivity contribution in [2.75, 3.05) is 0 Å². The molecular formula is C16H28N2. The van der Waals surface area contributed by atoms with Gasteiger partial charge in [-0.3, -0.25) is 0 Å². The maximum atomic E-state index is 4.54. The van der Waals surface area contributed by atoms with Gasteiger partial charge in [0.25, 0.3) is 0 Å². The molecule has 0 saturated heterocycles. The van der Waals surface area contributed by atoms with Crippen molar-refractivity contribution in [3.05, 3.63) is 23.8 Å². The van der Waals surface area contributed by atoms with E-state index in [1.165, 1.54) is 5.56 Å². The Labute approximate surface area is 112 Å². The third-order valence-corrected chi connectivity index (χ3v) is 3.08. The summed E-state index contributed by atoms with van der Waals surface area (Å²) >= 11 is 0. The van der Waals surface area contributed by atoms with Crippen molar-refractivity contribution in [3.63, 3.8) is 0 Å². The fourth-order valence-electron chi connectivity index (χ4n) is 2.49. The zero-order valence-corrected chi connectivity index (χ0v) is 13.3. The van der Waals surface area contributed by atoms with Gasteiger partial charge in [-0.1, -0.05) is 55.4 Å². The second-order valence-corrected chi connectivity index (χ2v) is 8.17. The van der Waals surface area contributed by atoms with Gasteiger partial charge in [-0.05, 0) is 22.8 Å². The van der Waals surface area contributed by atoms with Crippen LogP contribution < -0.4 is 0 Å². The van der Waals surface area contributed by atoms with Crippen molar-refractivity contribution in [3.8, 4) is 0 Å². The van der Waals surface area contributed by atoms with Crippen LogP contribution in [0.25, 0.3) is 0 Å². The Kier molecular flexibility index (Phi) is 3.90. The van der Waals surface area contributed by atoms with Crippen molar-refractivity contribution >= 4 is 0 Å². The second-order valence-electron chi connectivity index (χ2n) is 8.17. The van der Waals surface area contributed by atoms with Gasteiger partial charge in [0, 0.05) is 17.8 Å². The van der Waals surface area contributed by atoms with E-state index >= 15 is 0 Å². The highest BCUT2D eigenvalue weighted by Crippen LogP contribution is 2.35. The molecule has 0 radical (unpaired) electrons. The number of hydrogen-bond donors (Lipinski definition) is 0. The van der Waals surface area contributed by atoms with Crippen LogP contribution in [0.5, 0.6) is 0 Å². The first-order chi connectivity index (χ1) is 7.92. The summed E-state index contributed by atoms with van der Waals surface area (Å²) in [5.74, 6) is 0.915. The molecule has 0 atom stereocenters. The molecule has 0 fully saturated rings. The summed E-state index contributed by atoms with van der Waals surface area (Å²) in [5.41, 5.74) is 1.68. The average Bonchev–Trinajstić information content (AvgIpc) is 2.13. The molecule has 0 amide bonds.